The van der Waals surface area contributed by atoms with Crippen LogP contribution in [0.4, 0.5) is 0 Å². The van der Waals surface area contributed by atoms with Crippen LogP contribution in [-0.2, 0) is 19.5 Å². The van der Waals surface area contributed by atoms with E-state index in [2.05, 4.69) is 71.6 Å². The van der Waals surface area contributed by atoms with Gasteiger partial charge in [-0.1, -0.05) is 78.3 Å². The van der Waals surface area contributed by atoms with Gasteiger partial charge in [0.1, 0.15) is 5.75 Å². The van der Waals surface area contributed by atoms with E-state index >= 15 is 0 Å². The first kappa shape index (κ1) is 18.5. The molecule has 0 atom stereocenters. The second kappa shape index (κ2) is 9.42. The smallest absolute Gasteiger partial charge is 0.137 e. The number of ether oxygens (including phenoxy) is 1. The van der Waals surface area contributed by atoms with Gasteiger partial charge >= 0.3 is 0 Å². The van der Waals surface area contributed by atoms with Crippen LogP contribution in [0.3, 0.4) is 0 Å². The molecule has 0 heterocycles. The first-order valence-corrected chi connectivity index (χ1v) is 9.25. The molecule has 134 valence electrons. The predicted molar refractivity (Wildman–Crippen MR) is 109 cm³/mol. The number of hydrogen-bond acceptors (Lipinski definition) is 2. The molecule has 2 nitrogen and oxygen atoms in total. The lowest BCUT2D eigenvalue weighted by atomic mass is 10.1. The summed E-state index contributed by atoms with van der Waals surface area (Å²) in [6, 6.07) is 27.3. The highest BCUT2D eigenvalue weighted by molar-refractivity contribution is 6.32. The fourth-order valence-corrected chi connectivity index (χ4v) is 3.33. The number of hydrogen-bond donors (Lipinski definition) is 0. The van der Waals surface area contributed by atoms with Crippen LogP contribution in [0.2, 0.25) is 5.02 Å². The van der Waals surface area contributed by atoms with Crippen molar-refractivity contribution in [2.45, 2.75) is 19.5 Å². The zero-order valence-corrected chi connectivity index (χ0v) is 15.8. The van der Waals surface area contributed by atoms with Gasteiger partial charge in [-0.25, -0.2) is 0 Å². The average molecular weight is 366 g/mol. The number of methoxy groups -OCH3 is 1. The van der Waals surface area contributed by atoms with E-state index in [1.165, 1.54) is 16.7 Å². The van der Waals surface area contributed by atoms with E-state index < -0.39 is 0 Å². The molecule has 0 unspecified atom stereocenters. The first-order valence-electron chi connectivity index (χ1n) is 8.87. The lowest BCUT2D eigenvalue weighted by Crippen LogP contribution is -2.25. The van der Waals surface area contributed by atoms with Crippen LogP contribution < -0.4 is 4.74 Å². The lowest BCUT2D eigenvalue weighted by molar-refractivity contribution is 0.260. The van der Waals surface area contributed by atoms with Gasteiger partial charge in [0.25, 0.3) is 0 Å². The maximum atomic E-state index is 6.30. The van der Waals surface area contributed by atoms with Crippen molar-refractivity contribution in [3.05, 3.63) is 101 Å². The Bertz CT molecular complexity index is 805. The standard InChI is InChI=1S/C23H24ClNO/c1-26-23-13-12-21(16-22(23)24)18-25(17-20-10-6-3-7-11-20)15-14-19-8-4-2-5-9-19/h2-13,16H,14-15,17-18H2,1H3. The van der Waals surface area contributed by atoms with E-state index in [4.69, 9.17) is 16.3 Å². The molecule has 3 rings (SSSR count). The van der Waals surface area contributed by atoms with E-state index in [0.717, 1.165) is 26.1 Å². The summed E-state index contributed by atoms with van der Waals surface area (Å²) in [4.78, 5) is 2.46. The van der Waals surface area contributed by atoms with E-state index in [9.17, 15) is 0 Å². The molecule has 0 aliphatic rings. The van der Waals surface area contributed by atoms with Gasteiger partial charge in [-0.05, 0) is 35.2 Å². The van der Waals surface area contributed by atoms with Gasteiger partial charge in [-0.2, -0.15) is 0 Å². The topological polar surface area (TPSA) is 12.5 Å². The minimum Gasteiger partial charge on any atom is -0.495 e. The fourth-order valence-electron chi connectivity index (χ4n) is 3.05. The highest BCUT2D eigenvalue weighted by Gasteiger charge is 2.10. The highest BCUT2D eigenvalue weighted by atomic mass is 35.5. The third-order valence-corrected chi connectivity index (χ3v) is 4.73. The van der Waals surface area contributed by atoms with Gasteiger partial charge in [-0.3, -0.25) is 4.90 Å². The van der Waals surface area contributed by atoms with Crippen molar-refractivity contribution < 1.29 is 4.74 Å². The fraction of sp³-hybridized carbons (Fsp3) is 0.217. The molecule has 0 saturated heterocycles. The van der Waals surface area contributed by atoms with E-state index in [0.29, 0.717) is 10.8 Å². The average Bonchev–Trinajstić information content (AvgIpc) is 2.68. The molecule has 0 aromatic heterocycles. The minimum atomic E-state index is 0.660. The lowest BCUT2D eigenvalue weighted by Gasteiger charge is -2.23. The van der Waals surface area contributed by atoms with Gasteiger partial charge in [0.2, 0.25) is 0 Å². The van der Waals surface area contributed by atoms with Gasteiger partial charge in [0.05, 0.1) is 12.1 Å². The Morgan fingerprint density at radius 2 is 1.38 bits per heavy atom. The molecule has 3 heteroatoms. The van der Waals surface area contributed by atoms with Crippen LogP contribution in [0, 0.1) is 0 Å². The SMILES string of the molecule is COc1ccc(CN(CCc2ccccc2)Cc2ccccc2)cc1Cl. The van der Waals surface area contributed by atoms with Crippen LogP contribution >= 0.6 is 11.6 Å². The summed E-state index contributed by atoms with van der Waals surface area (Å²) in [7, 11) is 1.64. The third kappa shape index (κ3) is 5.35. The number of halogens is 1. The third-order valence-electron chi connectivity index (χ3n) is 4.43. The first-order chi connectivity index (χ1) is 12.7. The van der Waals surface area contributed by atoms with Crippen molar-refractivity contribution in [2.24, 2.45) is 0 Å². The quantitative estimate of drug-likeness (QED) is 0.515. The Morgan fingerprint density at radius 1 is 0.769 bits per heavy atom. The Morgan fingerprint density at radius 3 is 2.00 bits per heavy atom. The molecular weight excluding hydrogens is 342 g/mol. The van der Waals surface area contributed by atoms with Crippen molar-refractivity contribution >= 4 is 11.6 Å². The summed E-state index contributed by atoms with van der Waals surface area (Å²) in [5, 5.41) is 0.660. The van der Waals surface area contributed by atoms with E-state index in [1.807, 2.05) is 12.1 Å². The Kier molecular flexibility index (Phi) is 6.70. The summed E-state index contributed by atoms with van der Waals surface area (Å²) >= 11 is 6.30. The van der Waals surface area contributed by atoms with E-state index in [1.54, 1.807) is 7.11 Å². The molecule has 0 amide bonds. The molecule has 0 aliphatic carbocycles. The molecular formula is C23H24ClNO. The Hall–Kier alpha value is -2.29. The molecule has 0 N–H and O–H groups in total. The molecule has 3 aromatic rings. The molecule has 3 aromatic carbocycles. The van der Waals surface area contributed by atoms with E-state index in [-0.39, 0.29) is 0 Å². The van der Waals surface area contributed by atoms with Crippen molar-refractivity contribution in [1.29, 1.82) is 0 Å². The second-order valence-electron chi connectivity index (χ2n) is 6.40. The Balaban J connectivity index is 1.72. The number of rotatable bonds is 8. The minimum absolute atomic E-state index is 0.660. The zero-order valence-electron chi connectivity index (χ0n) is 15.1. The summed E-state index contributed by atoms with van der Waals surface area (Å²) < 4.78 is 5.26. The molecule has 0 bridgehead atoms. The molecule has 0 aliphatic heterocycles. The van der Waals surface area contributed by atoms with Crippen LogP contribution in [-0.4, -0.2) is 18.6 Å². The van der Waals surface area contributed by atoms with Gasteiger partial charge in [0, 0.05) is 19.6 Å². The maximum absolute atomic E-state index is 6.30. The van der Waals surface area contributed by atoms with Crippen LogP contribution in [0.1, 0.15) is 16.7 Å². The molecule has 26 heavy (non-hydrogen) atoms. The predicted octanol–water partition coefficient (Wildman–Crippen LogP) is 5.59. The van der Waals surface area contributed by atoms with Crippen LogP contribution in [0.25, 0.3) is 0 Å². The zero-order chi connectivity index (χ0) is 18.2. The van der Waals surface area contributed by atoms with Crippen molar-refractivity contribution in [3.63, 3.8) is 0 Å². The Labute approximate surface area is 161 Å². The number of benzene rings is 3. The summed E-state index contributed by atoms with van der Waals surface area (Å²) in [6.07, 6.45) is 1.03. The van der Waals surface area contributed by atoms with Crippen molar-refractivity contribution in [2.75, 3.05) is 13.7 Å². The van der Waals surface area contributed by atoms with Gasteiger partial charge < -0.3 is 4.74 Å². The van der Waals surface area contributed by atoms with Crippen LogP contribution in [0.15, 0.2) is 78.9 Å². The normalized spacial score (nSPS) is 10.9. The molecule has 0 fully saturated rings. The summed E-state index contributed by atoms with van der Waals surface area (Å²) in [5.74, 6) is 0.717. The maximum Gasteiger partial charge on any atom is 0.137 e. The summed E-state index contributed by atoms with van der Waals surface area (Å²) in [5.41, 5.74) is 3.87. The molecule has 0 saturated carbocycles. The second-order valence-corrected chi connectivity index (χ2v) is 6.81. The highest BCUT2D eigenvalue weighted by Crippen LogP contribution is 2.25. The van der Waals surface area contributed by atoms with Gasteiger partial charge in [-0.15, -0.1) is 0 Å². The molecule has 0 radical (unpaired) electrons. The van der Waals surface area contributed by atoms with Crippen LogP contribution in [0.5, 0.6) is 5.75 Å². The molecule has 0 spiro atoms. The summed E-state index contributed by atoms with van der Waals surface area (Å²) in [6.45, 7) is 2.76. The number of nitrogens with zero attached hydrogens (tertiary/aromatic N) is 1. The van der Waals surface area contributed by atoms with Crippen molar-refractivity contribution in [3.8, 4) is 5.75 Å². The van der Waals surface area contributed by atoms with Crippen molar-refractivity contribution in [1.82, 2.24) is 4.90 Å². The monoisotopic (exact) mass is 365 g/mol. The largest absolute Gasteiger partial charge is 0.495 e. The van der Waals surface area contributed by atoms with Gasteiger partial charge in [0.15, 0.2) is 0 Å².